The fraction of sp³-hybridized carbons (Fsp3) is 0.0500. The Labute approximate surface area is 158 Å². The topological polar surface area (TPSA) is 38.3 Å². The minimum Gasteiger partial charge on any atom is -0.493 e. The van der Waals surface area contributed by atoms with Crippen molar-refractivity contribution in [2.45, 2.75) is 0 Å². The summed E-state index contributed by atoms with van der Waals surface area (Å²) in [6, 6.07) is 13.3. The van der Waals surface area contributed by atoms with E-state index in [-0.39, 0.29) is 16.5 Å². The summed E-state index contributed by atoms with van der Waals surface area (Å²) in [6.07, 6.45) is 0. The highest BCUT2D eigenvalue weighted by atomic mass is 35.5. The second-order valence-corrected chi connectivity index (χ2v) is 5.95. The van der Waals surface area contributed by atoms with Crippen molar-refractivity contribution in [1.29, 1.82) is 0 Å². The number of nitrogens with one attached hydrogen (secondary N) is 1. The maximum Gasteiger partial charge on any atom is 0.258 e. The maximum absolute atomic E-state index is 13.8. The van der Waals surface area contributed by atoms with Gasteiger partial charge in [-0.2, -0.15) is 0 Å². The lowest BCUT2D eigenvalue weighted by molar-refractivity contribution is 0.102. The summed E-state index contributed by atoms with van der Waals surface area (Å²) in [5.41, 5.74) is 1.03. The smallest absolute Gasteiger partial charge is 0.258 e. The van der Waals surface area contributed by atoms with Gasteiger partial charge in [0.2, 0.25) is 0 Å². The van der Waals surface area contributed by atoms with Crippen molar-refractivity contribution in [3.8, 4) is 16.9 Å². The van der Waals surface area contributed by atoms with E-state index in [1.165, 1.54) is 13.2 Å². The molecule has 7 heteroatoms. The lowest BCUT2D eigenvalue weighted by atomic mass is 10.0. The molecule has 0 radical (unpaired) electrons. The fourth-order valence-corrected chi connectivity index (χ4v) is 2.93. The Hall–Kier alpha value is -2.99. The van der Waals surface area contributed by atoms with Crippen molar-refractivity contribution in [3.63, 3.8) is 0 Å². The van der Waals surface area contributed by atoms with E-state index in [9.17, 15) is 18.0 Å². The molecular weight excluding hydrogens is 379 g/mol. The highest BCUT2D eigenvalue weighted by molar-refractivity contribution is 6.35. The SMILES string of the molecule is COc1c(NC(=O)c2cc(F)c(F)cc2F)ccc(-c2ccccc2)c1Cl. The number of methoxy groups -OCH3 is 1. The molecule has 3 nitrogen and oxygen atoms in total. The number of ether oxygens (including phenoxy) is 1. The Morgan fingerprint density at radius 2 is 1.63 bits per heavy atom. The Morgan fingerprint density at radius 1 is 0.963 bits per heavy atom. The van der Waals surface area contributed by atoms with Crippen LogP contribution in [0.3, 0.4) is 0 Å². The molecule has 0 spiro atoms. The van der Waals surface area contributed by atoms with Crippen LogP contribution >= 0.6 is 11.6 Å². The molecule has 1 amide bonds. The number of rotatable bonds is 4. The predicted molar refractivity (Wildman–Crippen MR) is 97.7 cm³/mol. The molecule has 0 aliphatic rings. The quantitative estimate of drug-likeness (QED) is 0.580. The summed E-state index contributed by atoms with van der Waals surface area (Å²) >= 11 is 6.40. The van der Waals surface area contributed by atoms with Crippen LogP contribution in [0.15, 0.2) is 54.6 Å². The van der Waals surface area contributed by atoms with E-state index in [0.717, 1.165) is 5.56 Å². The standard InChI is InChI=1S/C20H13ClF3NO2/c1-27-19-17(8-7-12(18(19)21)11-5-3-2-4-6-11)25-20(26)13-9-15(23)16(24)10-14(13)22/h2-10H,1H3,(H,25,26). The zero-order valence-electron chi connectivity index (χ0n) is 14.0. The number of amides is 1. The van der Waals surface area contributed by atoms with Gasteiger partial charge in [0.25, 0.3) is 5.91 Å². The summed E-state index contributed by atoms with van der Waals surface area (Å²) < 4.78 is 45.5. The van der Waals surface area contributed by atoms with E-state index in [1.54, 1.807) is 6.07 Å². The van der Waals surface area contributed by atoms with Crippen LogP contribution in [0.2, 0.25) is 5.02 Å². The molecule has 27 heavy (non-hydrogen) atoms. The number of hydrogen-bond acceptors (Lipinski definition) is 2. The minimum absolute atomic E-state index is 0.161. The average molecular weight is 392 g/mol. The zero-order chi connectivity index (χ0) is 19.6. The first-order chi connectivity index (χ1) is 12.9. The number of hydrogen-bond donors (Lipinski definition) is 1. The maximum atomic E-state index is 13.8. The van der Waals surface area contributed by atoms with Crippen LogP contribution in [0, 0.1) is 17.5 Å². The molecule has 0 heterocycles. The van der Waals surface area contributed by atoms with E-state index >= 15 is 0 Å². The van der Waals surface area contributed by atoms with Gasteiger partial charge in [-0.15, -0.1) is 0 Å². The van der Waals surface area contributed by atoms with Gasteiger partial charge in [-0.05, 0) is 17.7 Å². The molecule has 1 N–H and O–H groups in total. The van der Waals surface area contributed by atoms with Crippen LogP contribution in [0.4, 0.5) is 18.9 Å². The molecule has 0 aliphatic carbocycles. The van der Waals surface area contributed by atoms with Gasteiger partial charge in [-0.25, -0.2) is 13.2 Å². The summed E-state index contributed by atoms with van der Waals surface area (Å²) in [6.45, 7) is 0. The monoisotopic (exact) mass is 391 g/mol. The number of carbonyl (C=O) groups excluding carboxylic acids is 1. The van der Waals surface area contributed by atoms with Crippen molar-refractivity contribution in [2.75, 3.05) is 12.4 Å². The van der Waals surface area contributed by atoms with Crippen molar-refractivity contribution in [1.82, 2.24) is 0 Å². The summed E-state index contributed by atoms with van der Waals surface area (Å²) in [5, 5.41) is 2.65. The summed E-state index contributed by atoms with van der Waals surface area (Å²) in [7, 11) is 1.36. The highest BCUT2D eigenvalue weighted by Gasteiger charge is 2.20. The van der Waals surface area contributed by atoms with Crippen molar-refractivity contribution in [2.24, 2.45) is 0 Å². The lowest BCUT2D eigenvalue weighted by Gasteiger charge is -2.15. The van der Waals surface area contributed by atoms with E-state index in [4.69, 9.17) is 16.3 Å². The van der Waals surface area contributed by atoms with Crippen molar-refractivity contribution >= 4 is 23.2 Å². The molecule has 138 valence electrons. The number of carbonyl (C=O) groups is 1. The Bertz CT molecular complexity index is 1010. The van der Waals surface area contributed by atoms with Gasteiger partial charge in [0, 0.05) is 11.6 Å². The molecule has 3 rings (SSSR count). The first-order valence-electron chi connectivity index (χ1n) is 7.80. The van der Waals surface area contributed by atoms with E-state index in [1.807, 2.05) is 30.3 Å². The van der Waals surface area contributed by atoms with E-state index < -0.39 is 28.9 Å². The van der Waals surface area contributed by atoms with Crippen LogP contribution in [0.1, 0.15) is 10.4 Å². The van der Waals surface area contributed by atoms with Crippen LogP contribution in [-0.2, 0) is 0 Å². The van der Waals surface area contributed by atoms with Gasteiger partial charge >= 0.3 is 0 Å². The van der Waals surface area contributed by atoms with Gasteiger partial charge in [0.1, 0.15) is 5.82 Å². The predicted octanol–water partition coefficient (Wildman–Crippen LogP) is 5.69. The average Bonchev–Trinajstić information content (AvgIpc) is 2.65. The van der Waals surface area contributed by atoms with Crippen LogP contribution in [-0.4, -0.2) is 13.0 Å². The molecule has 0 unspecified atom stereocenters. The first kappa shape index (κ1) is 18.8. The molecule has 0 saturated carbocycles. The van der Waals surface area contributed by atoms with Gasteiger partial charge in [-0.3, -0.25) is 4.79 Å². The fourth-order valence-electron chi connectivity index (χ4n) is 2.58. The Balaban J connectivity index is 1.97. The molecule has 0 aromatic heterocycles. The van der Waals surface area contributed by atoms with Gasteiger partial charge < -0.3 is 10.1 Å². The number of halogens is 4. The highest BCUT2D eigenvalue weighted by Crippen LogP contribution is 2.40. The molecule has 0 bridgehead atoms. The molecule has 3 aromatic carbocycles. The lowest BCUT2D eigenvalue weighted by Crippen LogP contribution is -2.15. The van der Waals surface area contributed by atoms with Crippen molar-refractivity contribution in [3.05, 3.63) is 82.6 Å². The number of anilines is 1. The molecule has 0 fully saturated rings. The van der Waals surface area contributed by atoms with E-state index in [2.05, 4.69) is 5.32 Å². The summed E-state index contributed by atoms with van der Waals surface area (Å²) in [4.78, 5) is 12.3. The van der Waals surface area contributed by atoms with Gasteiger partial charge in [0.05, 0.1) is 23.4 Å². The third-order valence-electron chi connectivity index (χ3n) is 3.89. The van der Waals surface area contributed by atoms with Gasteiger partial charge in [-0.1, -0.05) is 48.0 Å². The van der Waals surface area contributed by atoms with Crippen LogP contribution < -0.4 is 10.1 Å². The normalized spacial score (nSPS) is 10.6. The minimum atomic E-state index is -1.38. The second kappa shape index (κ2) is 7.72. The first-order valence-corrected chi connectivity index (χ1v) is 8.18. The number of benzene rings is 3. The molecule has 3 aromatic rings. The molecule has 0 aliphatic heterocycles. The molecular formula is C20H13ClF3NO2. The zero-order valence-corrected chi connectivity index (χ0v) is 14.8. The van der Waals surface area contributed by atoms with Crippen LogP contribution in [0.5, 0.6) is 5.75 Å². The van der Waals surface area contributed by atoms with Crippen LogP contribution in [0.25, 0.3) is 11.1 Å². The third kappa shape index (κ3) is 3.75. The largest absolute Gasteiger partial charge is 0.493 e. The van der Waals surface area contributed by atoms with E-state index in [0.29, 0.717) is 17.7 Å². The van der Waals surface area contributed by atoms with Crippen molar-refractivity contribution < 1.29 is 22.7 Å². The second-order valence-electron chi connectivity index (χ2n) is 5.57. The Morgan fingerprint density at radius 3 is 2.30 bits per heavy atom. The molecule has 0 atom stereocenters. The Kier molecular flexibility index (Phi) is 5.37. The summed E-state index contributed by atoms with van der Waals surface area (Å²) in [5.74, 6) is -4.69. The van der Waals surface area contributed by atoms with Gasteiger partial charge in [0.15, 0.2) is 17.4 Å². The third-order valence-corrected chi connectivity index (χ3v) is 4.26. The molecule has 0 saturated heterocycles.